The molecule has 2 aliphatic rings. The highest BCUT2D eigenvalue weighted by Crippen LogP contribution is 2.56. The highest BCUT2D eigenvalue weighted by molar-refractivity contribution is 7.86. The van der Waals surface area contributed by atoms with Gasteiger partial charge in [0.25, 0.3) is 0 Å². The second-order valence-corrected chi connectivity index (χ2v) is 20.6. The molecule has 0 fully saturated rings. The molecule has 284 valence electrons. The van der Waals surface area contributed by atoms with Crippen LogP contribution in [0.15, 0.2) is 207 Å². The fourth-order valence-corrected chi connectivity index (χ4v) is 15.5. The summed E-state index contributed by atoms with van der Waals surface area (Å²) in [5, 5.41) is 8.88. The molecular formula is C52H34N4O2P2. The Morgan fingerprint density at radius 2 is 0.683 bits per heavy atom. The van der Waals surface area contributed by atoms with Gasteiger partial charge >= 0.3 is 0 Å². The Morgan fingerprint density at radius 3 is 1.12 bits per heavy atom. The number of fused-ring (bicyclic) bond motifs is 10. The van der Waals surface area contributed by atoms with Gasteiger partial charge in [0, 0.05) is 66.4 Å². The molecule has 8 heteroatoms. The van der Waals surface area contributed by atoms with E-state index in [0.29, 0.717) is 0 Å². The second-order valence-electron chi connectivity index (χ2n) is 15.2. The van der Waals surface area contributed by atoms with E-state index in [9.17, 15) is 0 Å². The van der Waals surface area contributed by atoms with Crippen LogP contribution in [-0.4, -0.2) is 9.97 Å². The smallest absolute Gasteiger partial charge is 0.175 e. The van der Waals surface area contributed by atoms with Crippen LogP contribution in [0.25, 0.3) is 32.6 Å². The molecule has 0 amide bonds. The fraction of sp³-hybridized carbons (Fsp3) is 0. The molecular weight excluding hydrogens is 775 g/mol. The van der Waals surface area contributed by atoms with Gasteiger partial charge in [0.15, 0.2) is 14.3 Å². The molecule has 6 nitrogen and oxygen atoms in total. The van der Waals surface area contributed by atoms with Crippen molar-refractivity contribution in [1.82, 2.24) is 9.97 Å². The number of anilines is 6. The quantitative estimate of drug-likeness (QED) is 0.130. The lowest BCUT2D eigenvalue weighted by atomic mass is 9.97. The van der Waals surface area contributed by atoms with E-state index in [1.807, 2.05) is 133 Å². The number of benzene rings is 9. The first-order chi connectivity index (χ1) is 29.5. The predicted molar refractivity (Wildman–Crippen MR) is 250 cm³/mol. The van der Waals surface area contributed by atoms with Crippen LogP contribution >= 0.6 is 14.3 Å². The van der Waals surface area contributed by atoms with Crippen molar-refractivity contribution >= 4 is 113 Å². The van der Waals surface area contributed by atoms with Crippen LogP contribution in [0.2, 0.25) is 0 Å². The van der Waals surface area contributed by atoms with Gasteiger partial charge in [0.1, 0.15) is 0 Å². The number of nitrogens with zero attached hydrogens (tertiary/aromatic N) is 4. The normalized spacial score (nSPS) is 14.7. The summed E-state index contributed by atoms with van der Waals surface area (Å²) in [7, 11) is -6.40. The molecule has 60 heavy (non-hydrogen) atoms. The second kappa shape index (κ2) is 13.2. The van der Waals surface area contributed by atoms with Gasteiger partial charge in [-0.1, -0.05) is 121 Å². The Kier molecular flexibility index (Phi) is 7.68. The van der Waals surface area contributed by atoms with Crippen molar-refractivity contribution in [3.63, 3.8) is 0 Å². The predicted octanol–water partition coefficient (Wildman–Crippen LogP) is 10.8. The van der Waals surface area contributed by atoms with Crippen molar-refractivity contribution in [2.75, 3.05) is 9.80 Å². The molecule has 12 rings (SSSR count). The lowest BCUT2D eigenvalue weighted by Crippen LogP contribution is -2.36. The average molecular weight is 809 g/mol. The first-order valence-corrected chi connectivity index (χ1v) is 23.4. The van der Waals surface area contributed by atoms with Crippen LogP contribution in [0.5, 0.6) is 0 Å². The topological polar surface area (TPSA) is 66.4 Å². The Labute approximate surface area is 346 Å². The van der Waals surface area contributed by atoms with E-state index in [2.05, 4.69) is 70.5 Å². The molecule has 0 radical (unpaired) electrons. The van der Waals surface area contributed by atoms with Crippen molar-refractivity contribution in [2.24, 2.45) is 0 Å². The summed E-state index contributed by atoms with van der Waals surface area (Å²) in [5.41, 5.74) is 7.05. The van der Waals surface area contributed by atoms with E-state index < -0.39 is 14.3 Å². The molecule has 2 aliphatic heterocycles. The van der Waals surface area contributed by atoms with Crippen LogP contribution in [0.3, 0.4) is 0 Å². The van der Waals surface area contributed by atoms with Crippen molar-refractivity contribution in [1.29, 1.82) is 0 Å². The van der Waals surface area contributed by atoms with Crippen molar-refractivity contribution in [3.05, 3.63) is 207 Å². The third-order valence-corrected chi connectivity index (χ3v) is 18.4. The van der Waals surface area contributed by atoms with Crippen molar-refractivity contribution in [3.8, 4) is 0 Å². The fourth-order valence-electron chi connectivity index (χ4n) is 9.52. The minimum Gasteiger partial charge on any atom is -0.309 e. The van der Waals surface area contributed by atoms with Gasteiger partial charge in [-0.15, -0.1) is 0 Å². The summed E-state index contributed by atoms with van der Waals surface area (Å²) in [6.07, 6.45) is 3.50. The maximum absolute atomic E-state index is 15.6. The summed E-state index contributed by atoms with van der Waals surface area (Å²) in [6, 6.07) is 65.1. The molecule has 0 atom stereocenters. The van der Waals surface area contributed by atoms with Gasteiger partial charge in [-0.25, -0.2) is 0 Å². The maximum atomic E-state index is 15.6. The van der Waals surface area contributed by atoms with E-state index in [-0.39, 0.29) is 0 Å². The van der Waals surface area contributed by atoms with E-state index in [0.717, 1.165) is 98.5 Å². The standard InChI is InChI=1S/C52H34N4O2P2/c57-59(37-15-3-1-4-16-37)47-23-11-7-19-43(47)55(44-20-8-12-24-48(44)59)35-28-30-40-41(33-35)39-29-27-36(34-42(39)52-51(40)53-31-32-54-52)56-45-21-9-13-25-49(45)60(58,38-17-5-2-6-18-38)50-26-14-10-22-46(50)56/h1-34H. The maximum Gasteiger partial charge on any atom is 0.175 e. The Morgan fingerprint density at radius 1 is 0.333 bits per heavy atom. The van der Waals surface area contributed by atoms with Crippen LogP contribution in [0.1, 0.15) is 0 Å². The molecule has 10 aromatic rings. The van der Waals surface area contributed by atoms with Gasteiger partial charge in [0.2, 0.25) is 0 Å². The van der Waals surface area contributed by atoms with Gasteiger partial charge in [-0.3, -0.25) is 9.97 Å². The minimum atomic E-state index is -3.20. The Hall–Kier alpha value is -7.10. The molecule has 9 aromatic carbocycles. The molecule has 3 heterocycles. The Bertz CT molecular complexity index is 3190. The SMILES string of the molecule is O=P1(c2ccccc2)c2ccccc2N(c2ccc3c(c2)c2ccc(N4c5ccccc5P(=O)(c5ccccc5)c5ccccc54)cc2c2nccnc32)c2ccccc21. The number of rotatable bonds is 4. The van der Waals surface area contributed by atoms with Gasteiger partial charge < -0.3 is 18.9 Å². The summed E-state index contributed by atoms with van der Waals surface area (Å²) in [5.74, 6) is 0. The molecule has 0 saturated heterocycles. The molecule has 0 bridgehead atoms. The van der Waals surface area contributed by atoms with Crippen LogP contribution in [0, 0.1) is 0 Å². The van der Waals surface area contributed by atoms with E-state index in [4.69, 9.17) is 9.97 Å². The van der Waals surface area contributed by atoms with Gasteiger partial charge in [-0.2, -0.15) is 0 Å². The van der Waals surface area contributed by atoms with E-state index in [1.54, 1.807) is 12.4 Å². The molecule has 0 spiro atoms. The zero-order chi connectivity index (χ0) is 40.0. The van der Waals surface area contributed by atoms with Crippen molar-refractivity contribution in [2.45, 2.75) is 0 Å². The zero-order valence-corrected chi connectivity index (χ0v) is 33.9. The van der Waals surface area contributed by atoms with Crippen molar-refractivity contribution < 1.29 is 9.13 Å². The van der Waals surface area contributed by atoms with E-state index in [1.165, 1.54) is 0 Å². The van der Waals surface area contributed by atoms with Crippen LogP contribution in [-0.2, 0) is 9.13 Å². The number of hydrogen-bond acceptors (Lipinski definition) is 6. The molecule has 0 aliphatic carbocycles. The highest BCUT2D eigenvalue weighted by Gasteiger charge is 2.42. The molecule has 1 aromatic heterocycles. The summed E-state index contributed by atoms with van der Waals surface area (Å²) < 4.78 is 31.1. The number of hydrogen-bond donors (Lipinski definition) is 0. The first-order valence-electron chi connectivity index (χ1n) is 20.0. The third-order valence-electron chi connectivity index (χ3n) is 12.1. The Balaban J connectivity index is 1.08. The lowest BCUT2D eigenvalue weighted by Gasteiger charge is -2.38. The summed E-state index contributed by atoms with van der Waals surface area (Å²) in [6.45, 7) is 0. The van der Waals surface area contributed by atoms with Crippen LogP contribution < -0.4 is 41.6 Å². The first kappa shape index (κ1) is 34.9. The average Bonchev–Trinajstić information content (AvgIpc) is 3.32. The number of para-hydroxylation sites is 4. The molecule has 0 saturated carbocycles. The lowest BCUT2D eigenvalue weighted by molar-refractivity contribution is 0.591. The largest absolute Gasteiger partial charge is 0.309 e. The molecule has 0 N–H and O–H groups in total. The summed E-state index contributed by atoms with van der Waals surface area (Å²) in [4.78, 5) is 14.4. The molecule has 0 unspecified atom stereocenters. The monoisotopic (exact) mass is 808 g/mol. The van der Waals surface area contributed by atoms with E-state index >= 15 is 9.13 Å². The third kappa shape index (κ3) is 4.84. The zero-order valence-electron chi connectivity index (χ0n) is 32.1. The summed E-state index contributed by atoms with van der Waals surface area (Å²) >= 11 is 0. The van der Waals surface area contributed by atoms with Crippen LogP contribution in [0.4, 0.5) is 34.1 Å². The minimum absolute atomic E-state index is 0.806. The van der Waals surface area contributed by atoms with Gasteiger partial charge in [-0.05, 0) is 83.6 Å². The number of aromatic nitrogens is 2. The van der Waals surface area contributed by atoms with Gasteiger partial charge in [0.05, 0.1) is 33.8 Å². The highest BCUT2D eigenvalue weighted by atomic mass is 31.2.